The van der Waals surface area contributed by atoms with Crippen LogP contribution in [0, 0.1) is 0 Å². The molecule has 1 aromatic rings. The van der Waals surface area contributed by atoms with E-state index < -0.39 is 0 Å². The van der Waals surface area contributed by atoms with E-state index >= 15 is 0 Å². The summed E-state index contributed by atoms with van der Waals surface area (Å²) in [7, 11) is 2.24. The van der Waals surface area contributed by atoms with Crippen LogP contribution in [0.5, 0.6) is 0 Å². The van der Waals surface area contributed by atoms with E-state index in [2.05, 4.69) is 27.9 Å². The topological polar surface area (TPSA) is 29.3 Å². The lowest BCUT2D eigenvalue weighted by Crippen LogP contribution is -2.33. The maximum Gasteiger partial charge on any atom is 0.0464 e. The molecule has 21 heavy (non-hydrogen) atoms. The molecule has 0 spiro atoms. The van der Waals surface area contributed by atoms with Crippen molar-refractivity contribution in [1.82, 2.24) is 4.90 Å². The molecule has 4 heteroatoms. The van der Waals surface area contributed by atoms with E-state index in [0.29, 0.717) is 0 Å². The molecule has 1 atom stereocenters. The molecule has 1 aliphatic rings. The Morgan fingerprint density at radius 2 is 1.95 bits per heavy atom. The molecule has 0 amide bonds. The third-order valence-corrected chi connectivity index (χ3v) is 5.42. The van der Waals surface area contributed by atoms with Crippen molar-refractivity contribution in [2.45, 2.75) is 57.0 Å². The van der Waals surface area contributed by atoms with Crippen LogP contribution in [0.25, 0.3) is 0 Å². The Balaban J connectivity index is 1.86. The summed E-state index contributed by atoms with van der Waals surface area (Å²) < 4.78 is 0.999. The quantitative estimate of drug-likeness (QED) is 0.723. The minimum atomic E-state index is 0.0128. The average Bonchev–Trinajstić information content (AvgIpc) is 2.73. The van der Waals surface area contributed by atoms with Crippen LogP contribution >= 0.6 is 27.5 Å². The molecule has 2 N–H and O–H groups in total. The molecule has 0 aliphatic heterocycles. The SMILES string of the molecule is CN(CCC(N)c1ccc(Br)cc1Cl)C1CCCCCC1. The van der Waals surface area contributed by atoms with Gasteiger partial charge in [-0.25, -0.2) is 0 Å². The lowest BCUT2D eigenvalue weighted by molar-refractivity contribution is 0.214. The van der Waals surface area contributed by atoms with Crippen LogP contribution in [0.3, 0.4) is 0 Å². The van der Waals surface area contributed by atoms with Gasteiger partial charge in [-0.2, -0.15) is 0 Å². The van der Waals surface area contributed by atoms with Gasteiger partial charge in [0.15, 0.2) is 0 Å². The van der Waals surface area contributed by atoms with Gasteiger partial charge in [0.05, 0.1) is 0 Å². The van der Waals surface area contributed by atoms with E-state index in [1.807, 2.05) is 18.2 Å². The minimum Gasteiger partial charge on any atom is -0.324 e. The number of nitrogens with two attached hydrogens (primary N) is 1. The largest absolute Gasteiger partial charge is 0.324 e. The molecule has 2 rings (SSSR count). The fourth-order valence-electron chi connectivity index (χ4n) is 3.18. The highest BCUT2D eigenvalue weighted by Gasteiger charge is 2.18. The van der Waals surface area contributed by atoms with E-state index in [-0.39, 0.29) is 6.04 Å². The summed E-state index contributed by atoms with van der Waals surface area (Å²) in [5, 5.41) is 0.758. The van der Waals surface area contributed by atoms with Crippen molar-refractivity contribution in [3.8, 4) is 0 Å². The molecule has 0 aromatic heterocycles. The van der Waals surface area contributed by atoms with Gasteiger partial charge in [-0.15, -0.1) is 0 Å². The van der Waals surface area contributed by atoms with E-state index in [1.165, 1.54) is 38.5 Å². The number of hydrogen-bond donors (Lipinski definition) is 1. The fraction of sp³-hybridized carbons (Fsp3) is 0.647. The predicted octanol–water partition coefficient (Wildman–Crippen LogP) is 5.15. The predicted molar refractivity (Wildman–Crippen MR) is 94.8 cm³/mol. The Kier molecular flexibility index (Phi) is 7.00. The Labute approximate surface area is 142 Å². The highest BCUT2D eigenvalue weighted by Crippen LogP contribution is 2.28. The number of rotatable bonds is 5. The van der Waals surface area contributed by atoms with Crippen LogP contribution in [-0.2, 0) is 0 Å². The molecule has 0 radical (unpaired) electrons. The van der Waals surface area contributed by atoms with Crippen molar-refractivity contribution in [2.75, 3.05) is 13.6 Å². The summed E-state index contributed by atoms with van der Waals surface area (Å²) in [5.41, 5.74) is 7.38. The highest BCUT2D eigenvalue weighted by molar-refractivity contribution is 9.10. The van der Waals surface area contributed by atoms with Crippen LogP contribution in [-0.4, -0.2) is 24.5 Å². The van der Waals surface area contributed by atoms with Gasteiger partial charge in [-0.1, -0.05) is 59.3 Å². The number of benzene rings is 1. The maximum atomic E-state index is 6.33. The molecule has 118 valence electrons. The summed E-state index contributed by atoms with van der Waals surface area (Å²) in [5.74, 6) is 0. The Hall–Kier alpha value is -0.0900. The van der Waals surface area contributed by atoms with Crippen LogP contribution in [0.4, 0.5) is 0 Å². The molecule has 1 saturated carbocycles. The molecule has 0 heterocycles. The van der Waals surface area contributed by atoms with Crippen LogP contribution in [0.2, 0.25) is 5.02 Å². The van der Waals surface area contributed by atoms with Crippen molar-refractivity contribution >= 4 is 27.5 Å². The zero-order valence-corrected chi connectivity index (χ0v) is 15.2. The molecular weight excluding hydrogens is 348 g/mol. The maximum absolute atomic E-state index is 6.33. The van der Waals surface area contributed by atoms with Gasteiger partial charge in [-0.05, 0) is 50.6 Å². The Bertz CT molecular complexity index is 444. The third kappa shape index (κ3) is 5.24. The van der Waals surface area contributed by atoms with Crippen LogP contribution in [0.1, 0.15) is 56.6 Å². The fourth-order valence-corrected chi connectivity index (χ4v) is 4.00. The molecule has 1 fully saturated rings. The molecule has 1 unspecified atom stereocenters. The van der Waals surface area contributed by atoms with Crippen molar-refractivity contribution in [3.63, 3.8) is 0 Å². The highest BCUT2D eigenvalue weighted by atomic mass is 79.9. The lowest BCUT2D eigenvalue weighted by atomic mass is 10.0. The van der Waals surface area contributed by atoms with Gasteiger partial charge in [0.1, 0.15) is 0 Å². The first-order chi connectivity index (χ1) is 10.1. The smallest absolute Gasteiger partial charge is 0.0464 e. The average molecular weight is 374 g/mol. The first-order valence-corrected chi connectivity index (χ1v) is 9.16. The van der Waals surface area contributed by atoms with Crippen molar-refractivity contribution < 1.29 is 0 Å². The van der Waals surface area contributed by atoms with Crippen LogP contribution < -0.4 is 5.73 Å². The normalized spacial score (nSPS) is 18.7. The molecule has 2 nitrogen and oxygen atoms in total. The second-order valence-electron chi connectivity index (χ2n) is 6.19. The Morgan fingerprint density at radius 3 is 2.57 bits per heavy atom. The van der Waals surface area contributed by atoms with Gasteiger partial charge >= 0.3 is 0 Å². The Morgan fingerprint density at radius 1 is 1.29 bits per heavy atom. The molecule has 1 aromatic carbocycles. The zero-order chi connectivity index (χ0) is 15.2. The van der Waals surface area contributed by atoms with Gasteiger partial charge in [-0.3, -0.25) is 0 Å². The number of halogens is 2. The van der Waals surface area contributed by atoms with Gasteiger partial charge < -0.3 is 10.6 Å². The van der Waals surface area contributed by atoms with Crippen molar-refractivity contribution in [1.29, 1.82) is 0 Å². The first-order valence-electron chi connectivity index (χ1n) is 7.98. The summed E-state index contributed by atoms with van der Waals surface area (Å²) in [6.45, 7) is 1.04. The van der Waals surface area contributed by atoms with E-state index in [9.17, 15) is 0 Å². The van der Waals surface area contributed by atoms with E-state index in [1.54, 1.807) is 0 Å². The molecule has 0 bridgehead atoms. The monoisotopic (exact) mass is 372 g/mol. The van der Waals surface area contributed by atoms with Crippen LogP contribution in [0.15, 0.2) is 22.7 Å². The van der Waals surface area contributed by atoms with Gasteiger partial charge in [0, 0.05) is 21.6 Å². The number of nitrogens with zero attached hydrogens (tertiary/aromatic N) is 1. The summed E-state index contributed by atoms with van der Waals surface area (Å²) in [6, 6.07) is 6.71. The second-order valence-corrected chi connectivity index (χ2v) is 7.51. The van der Waals surface area contributed by atoms with E-state index in [0.717, 1.165) is 34.1 Å². The first kappa shape index (κ1) is 17.3. The minimum absolute atomic E-state index is 0.0128. The summed E-state index contributed by atoms with van der Waals surface area (Å²) in [6.07, 6.45) is 9.18. The molecular formula is C17H26BrClN2. The standard InChI is InChI=1S/C17H26BrClN2/c1-21(14-6-4-2-3-5-7-14)11-10-17(20)15-9-8-13(18)12-16(15)19/h8-9,12,14,17H,2-7,10-11,20H2,1H3. The lowest BCUT2D eigenvalue weighted by Gasteiger charge is -2.28. The summed E-state index contributed by atoms with van der Waals surface area (Å²) >= 11 is 9.72. The van der Waals surface area contributed by atoms with Gasteiger partial charge in [0.2, 0.25) is 0 Å². The zero-order valence-electron chi connectivity index (χ0n) is 12.8. The van der Waals surface area contributed by atoms with Crippen molar-refractivity contribution in [3.05, 3.63) is 33.3 Å². The number of hydrogen-bond acceptors (Lipinski definition) is 2. The van der Waals surface area contributed by atoms with E-state index in [4.69, 9.17) is 17.3 Å². The second kappa shape index (κ2) is 8.52. The van der Waals surface area contributed by atoms with Crippen molar-refractivity contribution in [2.24, 2.45) is 5.73 Å². The molecule has 1 aliphatic carbocycles. The molecule has 0 saturated heterocycles. The summed E-state index contributed by atoms with van der Waals surface area (Å²) in [4.78, 5) is 2.50. The third-order valence-electron chi connectivity index (χ3n) is 4.60. The van der Waals surface area contributed by atoms with Gasteiger partial charge in [0.25, 0.3) is 0 Å².